The highest BCUT2D eigenvalue weighted by Crippen LogP contribution is 2.26. The number of carbonyl (C=O) groups is 2. The molecule has 0 fully saturated rings. The minimum atomic E-state index is -0.842. The minimum absolute atomic E-state index is 0.0107. The molecule has 5 N–H and O–H groups in total. The van der Waals surface area contributed by atoms with Crippen LogP contribution in [0, 0.1) is 0 Å². The molecule has 0 amide bonds. The molecule has 0 aromatic rings. The van der Waals surface area contributed by atoms with Gasteiger partial charge >= 0.3 is 11.9 Å². The molecule has 0 aromatic carbocycles. The summed E-state index contributed by atoms with van der Waals surface area (Å²) in [6, 6.07) is 0. The Kier molecular flexibility index (Phi) is 38.7. The lowest BCUT2D eigenvalue weighted by atomic mass is 10.1. The van der Waals surface area contributed by atoms with E-state index < -0.39 is 30.3 Å². The number of carboxylic acid groups (broad SMARTS) is 2. The third-order valence-corrected chi connectivity index (χ3v) is 9.41. The molecule has 7 nitrogen and oxygen atoms in total. The Bertz CT molecular complexity index is 1090. The third-order valence-electron chi connectivity index (χ3n) is 7.83. The van der Waals surface area contributed by atoms with Gasteiger partial charge in [0.25, 0.3) is 0 Å². The lowest BCUT2D eigenvalue weighted by Gasteiger charge is -2.22. The van der Waals surface area contributed by atoms with E-state index in [1.807, 2.05) is 36.5 Å². The van der Waals surface area contributed by atoms with Gasteiger partial charge in [-0.05, 0) is 70.6 Å². The van der Waals surface area contributed by atoms with Crippen LogP contribution >= 0.6 is 11.8 Å². The summed E-state index contributed by atoms with van der Waals surface area (Å²) in [6.45, 7) is 8.70. The van der Waals surface area contributed by atoms with Crippen LogP contribution in [0.1, 0.15) is 137 Å². The van der Waals surface area contributed by atoms with Crippen LogP contribution in [0.3, 0.4) is 0 Å². The van der Waals surface area contributed by atoms with Gasteiger partial charge < -0.3 is 25.5 Å². The number of carboxylic acids is 2. The highest BCUT2D eigenvalue weighted by atomic mass is 32.2. The van der Waals surface area contributed by atoms with Gasteiger partial charge in [-0.3, -0.25) is 9.59 Å². The Labute approximate surface area is 320 Å². The van der Waals surface area contributed by atoms with Crippen molar-refractivity contribution in [3.63, 3.8) is 0 Å². The van der Waals surface area contributed by atoms with Crippen LogP contribution in [-0.4, -0.2) is 66.3 Å². The molecule has 0 aliphatic carbocycles. The number of unbranched alkanes of at least 4 members (excludes halogenated alkanes) is 6. The molecule has 5 unspecified atom stereocenters. The number of hydrogen-bond acceptors (Lipinski definition) is 6. The van der Waals surface area contributed by atoms with Gasteiger partial charge in [-0.2, -0.15) is 0 Å². The summed E-state index contributed by atoms with van der Waals surface area (Å²) in [7, 11) is 0. The van der Waals surface area contributed by atoms with E-state index in [-0.39, 0.29) is 18.1 Å². The van der Waals surface area contributed by atoms with Gasteiger partial charge in [-0.1, -0.05) is 151 Å². The average Bonchev–Trinajstić information content (AvgIpc) is 3.10. The molecule has 0 spiro atoms. The molecule has 0 saturated heterocycles. The maximum atomic E-state index is 10.7. The van der Waals surface area contributed by atoms with E-state index in [2.05, 4.69) is 52.0 Å². The summed E-state index contributed by atoms with van der Waals surface area (Å²) in [5.41, 5.74) is 0. The maximum Gasteiger partial charge on any atom is 0.303 e. The van der Waals surface area contributed by atoms with Crippen molar-refractivity contribution in [3.8, 4) is 0 Å². The van der Waals surface area contributed by atoms with E-state index in [1.54, 1.807) is 48.2 Å². The van der Waals surface area contributed by atoms with Crippen LogP contribution in [-0.2, 0) is 9.59 Å². The number of aliphatic carboxylic acids is 2. The predicted molar refractivity (Wildman–Crippen MR) is 223 cm³/mol. The molecule has 0 radical (unpaired) electrons. The van der Waals surface area contributed by atoms with E-state index in [0.717, 1.165) is 19.3 Å². The van der Waals surface area contributed by atoms with Crippen LogP contribution in [0.25, 0.3) is 0 Å². The lowest BCUT2D eigenvalue weighted by molar-refractivity contribution is -0.138. The second-order valence-corrected chi connectivity index (χ2v) is 14.5. The van der Waals surface area contributed by atoms with Crippen molar-refractivity contribution >= 4 is 23.7 Å². The summed E-state index contributed by atoms with van der Waals surface area (Å²) in [4.78, 5) is 21.0. The van der Waals surface area contributed by atoms with E-state index in [9.17, 15) is 24.9 Å². The molecular weight excluding hydrogens is 673 g/mol. The Morgan fingerprint density at radius 2 is 1.10 bits per heavy atom. The van der Waals surface area contributed by atoms with Crippen molar-refractivity contribution in [2.75, 3.05) is 0 Å². The maximum absolute atomic E-state index is 10.7. The van der Waals surface area contributed by atoms with Crippen LogP contribution < -0.4 is 0 Å². The zero-order valence-corrected chi connectivity index (χ0v) is 33.4. The lowest BCUT2D eigenvalue weighted by Crippen LogP contribution is -2.23. The summed E-state index contributed by atoms with van der Waals surface area (Å²) < 4.78 is 0. The van der Waals surface area contributed by atoms with Gasteiger partial charge in [-0.15, -0.1) is 11.8 Å². The van der Waals surface area contributed by atoms with Crippen LogP contribution in [0.2, 0.25) is 0 Å². The first-order valence-electron chi connectivity index (χ1n) is 19.5. The molecular formula is C44H72O7S. The minimum Gasteiger partial charge on any atom is -0.481 e. The molecule has 0 heterocycles. The van der Waals surface area contributed by atoms with Gasteiger partial charge in [0.05, 0.1) is 18.3 Å². The Morgan fingerprint density at radius 1 is 0.577 bits per heavy atom. The SMILES string of the molecule is CCCCC/C=C\CC(O)/C=C/C=C/C=C\C(O)CCCC(=O)O.CCCCC/C=C\C\C=C/C=C/C=C/C(SC(C)CC)C(O)CCCC(=O)O. The first-order chi connectivity index (χ1) is 25.1. The fraction of sp³-hybridized carbons (Fsp3) is 0.591. The highest BCUT2D eigenvalue weighted by molar-refractivity contribution is 8.00. The number of hydrogen-bond donors (Lipinski definition) is 5. The molecule has 0 aromatic heterocycles. The predicted octanol–water partition coefficient (Wildman–Crippen LogP) is 10.9. The zero-order valence-electron chi connectivity index (χ0n) is 32.6. The topological polar surface area (TPSA) is 135 Å². The Morgan fingerprint density at radius 3 is 1.65 bits per heavy atom. The number of aliphatic hydroxyl groups excluding tert-OH is 3. The van der Waals surface area contributed by atoms with Gasteiger partial charge in [0, 0.05) is 23.3 Å². The van der Waals surface area contributed by atoms with Crippen LogP contribution in [0.4, 0.5) is 0 Å². The smallest absolute Gasteiger partial charge is 0.303 e. The van der Waals surface area contributed by atoms with Crippen molar-refractivity contribution < 1.29 is 35.1 Å². The second kappa shape index (κ2) is 39.3. The quantitative estimate of drug-likeness (QED) is 0.0269. The first-order valence-corrected chi connectivity index (χ1v) is 20.5. The largest absolute Gasteiger partial charge is 0.481 e. The van der Waals surface area contributed by atoms with Crippen molar-refractivity contribution in [1.29, 1.82) is 0 Å². The first kappa shape index (κ1) is 51.2. The summed E-state index contributed by atoms with van der Waals surface area (Å²) >= 11 is 1.75. The van der Waals surface area contributed by atoms with E-state index >= 15 is 0 Å². The summed E-state index contributed by atoms with van der Waals surface area (Å²) in [6.07, 6.45) is 44.0. The number of aliphatic hydroxyl groups is 3. The number of allylic oxidation sites excluding steroid dienone is 12. The number of thioether (sulfide) groups is 1. The highest BCUT2D eigenvalue weighted by Gasteiger charge is 2.19. The average molecular weight is 745 g/mol. The molecule has 0 saturated carbocycles. The molecule has 8 heteroatoms. The van der Waals surface area contributed by atoms with Gasteiger partial charge in [0.15, 0.2) is 0 Å². The van der Waals surface area contributed by atoms with Crippen molar-refractivity contribution in [3.05, 3.63) is 97.2 Å². The van der Waals surface area contributed by atoms with Crippen LogP contribution in [0.5, 0.6) is 0 Å². The fourth-order valence-corrected chi connectivity index (χ4v) is 5.76. The molecule has 0 bridgehead atoms. The summed E-state index contributed by atoms with van der Waals surface area (Å²) in [5, 5.41) is 47.5. The van der Waals surface area contributed by atoms with Gasteiger partial charge in [0.2, 0.25) is 0 Å². The van der Waals surface area contributed by atoms with E-state index in [0.29, 0.717) is 37.4 Å². The molecule has 0 aliphatic rings. The Hall–Kier alpha value is -2.91. The van der Waals surface area contributed by atoms with E-state index in [1.165, 1.54) is 44.9 Å². The summed E-state index contributed by atoms with van der Waals surface area (Å²) in [5.74, 6) is -1.65. The molecule has 52 heavy (non-hydrogen) atoms. The van der Waals surface area contributed by atoms with Crippen LogP contribution in [0.15, 0.2) is 97.2 Å². The van der Waals surface area contributed by atoms with Gasteiger partial charge in [-0.25, -0.2) is 0 Å². The fourth-order valence-electron chi connectivity index (χ4n) is 4.54. The molecule has 0 rings (SSSR count). The third kappa shape index (κ3) is 39.9. The molecule has 5 atom stereocenters. The Balaban J connectivity index is 0. The van der Waals surface area contributed by atoms with Gasteiger partial charge in [0.1, 0.15) is 0 Å². The van der Waals surface area contributed by atoms with Crippen molar-refractivity contribution in [1.82, 2.24) is 0 Å². The molecule has 0 aliphatic heterocycles. The van der Waals surface area contributed by atoms with Crippen molar-refractivity contribution in [2.24, 2.45) is 0 Å². The van der Waals surface area contributed by atoms with E-state index in [4.69, 9.17) is 10.2 Å². The monoisotopic (exact) mass is 744 g/mol. The zero-order chi connectivity index (χ0) is 39.1. The normalized spacial score (nSPS) is 15.5. The molecule has 296 valence electrons. The van der Waals surface area contributed by atoms with Crippen molar-refractivity contribution in [2.45, 2.75) is 166 Å². The number of rotatable bonds is 31. The standard InChI is InChI=1S/C24H40O3S.C20H32O4/c1-4-6-7-8-9-10-11-12-13-14-15-16-19-23(28-21(3)5-2)22(25)18-17-20-24(26)27;1-2-3-4-5-6-9-13-18(21)14-10-7-8-11-15-19(22)16-12-17-20(23)24/h9-10,12-16,19,21-23,25H,4-8,11,17-18,20H2,1-3H3,(H,26,27);6-11,14-15,18-19,21-22H,2-5,12-13,16-17H2,1H3,(H,23,24)/b10-9-,13-12-,15-14+,19-16+;8-7+,9-6-,14-10+,15-11-. The second-order valence-electron chi connectivity index (χ2n) is 12.9.